The summed E-state index contributed by atoms with van der Waals surface area (Å²) in [6.07, 6.45) is 3.56. The Hall–Kier alpha value is -0.530. The summed E-state index contributed by atoms with van der Waals surface area (Å²) >= 11 is 3.45. The predicted molar refractivity (Wildman–Crippen MR) is 101 cm³/mol. The van der Waals surface area contributed by atoms with Gasteiger partial charge in [-0.2, -0.15) is 0 Å². The van der Waals surface area contributed by atoms with Crippen molar-refractivity contribution in [3.63, 3.8) is 0 Å². The third-order valence-corrected chi connectivity index (χ3v) is 4.33. The highest BCUT2D eigenvalue weighted by molar-refractivity contribution is 9.10. The zero-order valence-electron chi connectivity index (χ0n) is 12.6. The van der Waals surface area contributed by atoms with Gasteiger partial charge in [0.2, 0.25) is 0 Å². The molecule has 0 unspecified atom stereocenters. The van der Waals surface area contributed by atoms with Crippen LogP contribution in [0.3, 0.4) is 0 Å². The largest absolute Gasteiger partial charge is 0.381 e. The number of hydrogen-bond donors (Lipinski definition) is 3. The summed E-state index contributed by atoms with van der Waals surface area (Å²) in [6, 6.07) is 6.40. The fourth-order valence-corrected chi connectivity index (χ4v) is 2.84. The zero-order valence-corrected chi connectivity index (χ0v) is 15.8. The second-order valence-electron chi connectivity index (χ2n) is 5.66. The van der Waals surface area contributed by atoms with Crippen LogP contribution in [0, 0.1) is 0 Å². The summed E-state index contributed by atoms with van der Waals surface area (Å²) in [5.41, 5.74) is 7.33. The molecule has 5 nitrogen and oxygen atoms in total. The van der Waals surface area contributed by atoms with Crippen LogP contribution in [0.5, 0.6) is 0 Å². The summed E-state index contributed by atoms with van der Waals surface area (Å²) in [4.78, 5) is 12.3. The van der Waals surface area contributed by atoms with Crippen molar-refractivity contribution in [1.82, 2.24) is 0 Å². The maximum Gasteiger partial charge on any atom is 0.253 e. The summed E-state index contributed by atoms with van der Waals surface area (Å²) in [6.45, 7) is 0.467. The van der Waals surface area contributed by atoms with Gasteiger partial charge in [-0.3, -0.25) is 4.79 Å². The Kier molecular flexibility index (Phi) is 8.10. The summed E-state index contributed by atoms with van der Waals surface area (Å²) in [7, 11) is 0. The Morgan fingerprint density at radius 3 is 2.57 bits per heavy atom. The van der Waals surface area contributed by atoms with Gasteiger partial charge in [-0.25, -0.2) is 0 Å². The topological polar surface area (TPSA) is 76.4 Å². The number of hydrogen-bond acceptors (Lipinski definition) is 4. The molecule has 0 bridgehead atoms. The Bertz CT molecular complexity index is 543. The molecule has 23 heavy (non-hydrogen) atoms. The summed E-state index contributed by atoms with van der Waals surface area (Å²) in [5.74, 6) is -0.0945. The highest BCUT2D eigenvalue weighted by Gasteiger charge is 2.30. The minimum absolute atomic E-state index is 0. The van der Waals surface area contributed by atoms with E-state index in [2.05, 4.69) is 26.6 Å². The Morgan fingerprint density at radius 1 is 1.22 bits per heavy atom. The molecule has 2 fully saturated rings. The molecule has 130 valence electrons. The number of halogens is 3. The molecule has 1 aliphatic heterocycles. The zero-order chi connectivity index (χ0) is 14.8. The standard InChI is InChI=1S/C15H20BrN3O2.2ClH/c16-9-1-5-12(18-10-2-3-10)13(7-9)19-15(20)14-6-4-11(8-17)21-14;;/h1,5,7,10-11,14,18H,2-4,6,8,17H2,(H,19,20);2*1H/t11-,14+;;/m1../s1. The number of carbonyl (C=O) groups is 1. The van der Waals surface area contributed by atoms with Gasteiger partial charge in [-0.15, -0.1) is 24.8 Å². The quantitative estimate of drug-likeness (QED) is 0.674. The van der Waals surface area contributed by atoms with E-state index in [1.807, 2.05) is 18.2 Å². The molecule has 0 radical (unpaired) electrons. The maximum atomic E-state index is 12.3. The molecule has 2 aliphatic rings. The number of carbonyl (C=O) groups excluding carboxylic acids is 1. The van der Waals surface area contributed by atoms with E-state index < -0.39 is 6.10 Å². The lowest BCUT2D eigenvalue weighted by atomic mass is 10.2. The molecule has 0 aromatic heterocycles. The van der Waals surface area contributed by atoms with Gasteiger partial charge < -0.3 is 21.1 Å². The first-order valence-electron chi connectivity index (χ1n) is 7.38. The molecule has 1 aromatic rings. The van der Waals surface area contributed by atoms with Crippen LogP contribution in [0.2, 0.25) is 0 Å². The van der Waals surface area contributed by atoms with Crippen molar-refractivity contribution in [1.29, 1.82) is 0 Å². The highest BCUT2D eigenvalue weighted by Crippen LogP contribution is 2.32. The van der Waals surface area contributed by atoms with Gasteiger partial charge in [-0.1, -0.05) is 15.9 Å². The second kappa shape index (κ2) is 9.08. The van der Waals surface area contributed by atoms with Gasteiger partial charge in [-0.05, 0) is 43.9 Å². The van der Waals surface area contributed by atoms with Crippen molar-refractivity contribution >= 4 is 58.0 Å². The van der Waals surface area contributed by atoms with Crippen LogP contribution in [-0.4, -0.2) is 30.7 Å². The SMILES string of the molecule is Cl.Cl.NC[C@H]1CC[C@@H](C(=O)Nc2cc(Br)ccc2NC2CC2)O1. The molecule has 1 aromatic carbocycles. The smallest absolute Gasteiger partial charge is 0.253 e. The van der Waals surface area contributed by atoms with Crippen LogP contribution < -0.4 is 16.4 Å². The molecule has 0 spiro atoms. The molecule has 1 aliphatic carbocycles. The van der Waals surface area contributed by atoms with E-state index in [9.17, 15) is 4.79 Å². The first-order chi connectivity index (χ1) is 10.2. The van der Waals surface area contributed by atoms with Crippen molar-refractivity contribution in [2.45, 2.75) is 43.9 Å². The minimum Gasteiger partial charge on any atom is -0.381 e. The van der Waals surface area contributed by atoms with Gasteiger partial charge in [0.05, 0.1) is 17.5 Å². The van der Waals surface area contributed by atoms with E-state index in [-0.39, 0.29) is 36.8 Å². The first-order valence-corrected chi connectivity index (χ1v) is 8.17. The summed E-state index contributed by atoms with van der Waals surface area (Å²) < 4.78 is 6.58. The maximum absolute atomic E-state index is 12.3. The molecule has 3 rings (SSSR count). The molecule has 1 saturated heterocycles. The van der Waals surface area contributed by atoms with E-state index in [1.54, 1.807) is 0 Å². The molecule has 8 heteroatoms. The molecule has 1 amide bonds. The van der Waals surface area contributed by atoms with Crippen molar-refractivity contribution < 1.29 is 9.53 Å². The molecule has 1 saturated carbocycles. The molecule has 4 N–H and O–H groups in total. The normalized spacial score (nSPS) is 22.7. The van der Waals surface area contributed by atoms with E-state index in [4.69, 9.17) is 10.5 Å². The molecule has 2 atom stereocenters. The van der Waals surface area contributed by atoms with Gasteiger partial charge in [0.15, 0.2) is 0 Å². The fraction of sp³-hybridized carbons (Fsp3) is 0.533. The van der Waals surface area contributed by atoms with E-state index in [0.717, 1.165) is 28.7 Å². The van der Waals surface area contributed by atoms with Crippen LogP contribution in [0.25, 0.3) is 0 Å². The lowest BCUT2D eigenvalue weighted by Gasteiger charge is -2.16. The van der Waals surface area contributed by atoms with Crippen LogP contribution in [0.15, 0.2) is 22.7 Å². The van der Waals surface area contributed by atoms with Gasteiger partial charge in [0.1, 0.15) is 6.10 Å². The number of nitrogens with one attached hydrogen (secondary N) is 2. The molecule has 1 heterocycles. The average molecular weight is 427 g/mol. The lowest BCUT2D eigenvalue weighted by Crippen LogP contribution is -2.30. The number of anilines is 2. The van der Waals surface area contributed by atoms with Crippen LogP contribution in [-0.2, 0) is 9.53 Å². The second-order valence-corrected chi connectivity index (χ2v) is 6.57. The van der Waals surface area contributed by atoms with E-state index in [0.29, 0.717) is 12.6 Å². The van der Waals surface area contributed by atoms with E-state index >= 15 is 0 Å². The molecular formula is C15H22BrCl2N3O2. The summed E-state index contributed by atoms with van der Waals surface area (Å²) in [5, 5.41) is 6.41. The first kappa shape index (κ1) is 20.5. The van der Waals surface area contributed by atoms with Gasteiger partial charge >= 0.3 is 0 Å². The molecular weight excluding hydrogens is 405 g/mol. The number of benzene rings is 1. The third kappa shape index (κ3) is 5.50. The third-order valence-electron chi connectivity index (χ3n) is 3.84. The van der Waals surface area contributed by atoms with Crippen molar-refractivity contribution in [3.05, 3.63) is 22.7 Å². The van der Waals surface area contributed by atoms with Crippen molar-refractivity contribution in [3.8, 4) is 0 Å². The van der Waals surface area contributed by atoms with E-state index in [1.165, 1.54) is 12.8 Å². The highest BCUT2D eigenvalue weighted by atomic mass is 79.9. The monoisotopic (exact) mass is 425 g/mol. The predicted octanol–water partition coefficient (Wildman–Crippen LogP) is 3.31. The van der Waals surface area contributed by atoms with Gasteiger partial charge in [0.25, 0.3) is 5.91 Å². The number of nitrogens with two attached hydrogens (primary N) is 1. The number of rotatable bonds is 5. The Morgan fingerprint density at radius 2 is 1.96 bits per heavy atom. The number of amides is 1. The van der Waals surface area contributed by atoms with Gasteiger partial charge in [0, 0.05) is 17.1 Å². The minimum atomic E-state index is -0.397. The van der Waals surface area contributed by atoms with Crippen LogP contribution in [0.1, 0.15) is 25.7 Å². The number of ether oxygens (including phenoxy) is 1. The average Bonchev–Trinajstić information content (AvgIpc) is 3.15. The van der Waals surface area contributed by atoms with Crippen molar-refractivity contribution in [2.75, 3.05) is 17.2 Å². The van der Waals surface area contributed by atoms with Crippen molar-refractivity contribution in [2.24, 2.45) is 5.73 Å². The van der Waals surface area contributed by atoms with Crippen LogP contribution in [0.4, 0.5) is 11.4 Å². The Labute approximate surface area is 157 Å². The Balaban J connectivity index is 0.00000132. The lowest BCUT2D eigenvalue weighted by molar-refractivity contribution is -0.126. The fourth-order valence-electron chi connectivity index (χ4n) is 2.48. The van der Waals surface area contributed by atoms with Crippen LogP contribution >= 0.6 is 40.7 Å².